The minimum Gasteiger partial charge on any atom is -0.497 e. The Morgan fingerprint density at radius 3 is 2.56 bits per heavy atom. The van der Waals surface area contributed by atoms with Gasteiger partial charge in [0.25, 0.3) is 21.6 Å². The molecule has 13 nitrogen and oxygen atoms in total. The van der Waals surface area contributed by atoms with Crippen LogP contribution in [0.5, 0.6) is 11.5 Å². The molecular formula is C46H47ClN6O7S. The van der Waals surface area contributed by atoms with Gasteiger partial charge in [-0.15, -0.1) is 0 Å². The Bertz CT molecular complexity index is 2680. The first-order chi connectivity index (χ1) is 29.3. The summed E-state index contributed by atoms with van der Waals surface area (Å²) in [7, 11) is -4.56. The zero-order chi connectivity index (χ0) is 42.7. The fourth-order valence-corrected chi connectivity index (χ4v) is 9.18. The summed E-state index contributed by atoms with van der Waals surface area (Å²) in [6.07, 6.45) is 10.1. The number of fused-ring (bicyclic) bond motifs is 1. The number of hydrogen-bond acceptors (Lipinski definition) is 10. The second kappa shape index (κ2) is 17.5. The van der Waals surface area contributed by atoms with Crippen LogP contribution in [-0.4, -0.2) is 75.0 Å². The second-order valence-corrected chi connectivity index (χ2v) is 18.5. The molecule has 1 fully saturated rings. The smallest absolute Gasteiger partial charge is 0.293 e. The lowest BCUT2D eigenvalue weighted by Crippen LogP contribution is -2.47. The number of carbonyl (C=O) groups is 1. The number of benzene rings is 4. The van der Waals surface area contributed by atoms with Gasteiger partial charge in [-0.25, -0.2) is 13.1 Å². The maximum atomic E-state index is 13.9. The third-order valence-electron chi connectivity index (χ3n) is 11.5. The zero-order valence-corrected chi connectivity index (χ0v) is 35.5. The number of allylic oxidation sites excluding steroid dienone is 3. The van der Waals surface area contributed by atoms with Crippen LogP contribution >= 0.6 is 11.6 Å². The van der Waals surface area contributed by atoms with E-state index < -0.39 is 31.4 Å². The molecule has 0 unspecified atom stereocenters. The molecule has 15 heteroatoms. The lowest BCUT2D eigenvalue weighted by Gasteiger charge is -2.39. The number of piperazine rings is 1. The van der Waals surface area contributed by atoms with E-state index in [2.05, 4.69) is 50.8 Å². The first-order valence-corrected chi connectivity index (χ1v) is 22.1. The lowest BCUT2D eigenvalue weighted by atomic mass is 9.72. The molecule has 1 aliphatic carbocycles. The van der Waals surface area contributed by atoms with Crippen LogP contribution in [0, 0.1) is 15.5 Å². The molecule has 5 aromatic rings. The van der Waals surface area contributed by atoms with Crippen molar-refractivity contribution in [3.8, 4) is 11.5 Å². The van der Waals surface area contributed by atoms with Crippen molar-refractivity contribution >= 4 is 61.1 Å². The first kappa shape index (κ1) is 41.6. The number of rotatable bonds is 13. The number of aromatic amines is 1. The van der Waals surface area contributed by atoms with Gasteiger partial charge >= 0.3 is 0 Å². The molecule has 3 aliphatic rings. The fraction of sp³-hybridized carbons (Fsp3) is 0.283. The van der Waals surface area contributed by atoms with Gasteiger partial charge in [-0.05, 0) is 108 Å². The number of amides is 1. The largest absolute Gasteiger partial charge is 0.497 e. The maximum absolute atomic E-state index is 13.9. The number of nitro groups is 1. The van der Waals surface area contributed by atoms with E-state index in [0.717, 1.165) is 85.2 Å². The molecule has 4 aromatic carbocycles. The Hall–Kier alpha value is -6.09. The number of nitrogens with one attached hydrogen (secondary N) is 3. The van der Waals surface area contributed by atoms with Crippen LogP contribution < -0.4 is 19.7 Å². The number of aromatic nitrogens is 1. The minimum absolute atomic E-state index is 0.0215. The van der Waals surface area contributed by atoms with E-state index in [-0.39, 0.29) is 29.0 Å². The maximum Gasteiger partial charge on any atom is 0.293 e. The molecule has 3 heterocycles. The molecule has 61 heavy (non-hydrogen) atoms. The quantitative estimate of drug-likeness (QED) is 0.0769. The van der Waals surface area contributed by atoms with Crippen molar-refractivity contribution in [2.75, 3.05) is 56.1 Å². The Balaban J connectivity index is 1.01. The number of hydrogen-bond donors (Lipinski definition) is 3. The molecule has 1 amide bonds. The van der Waals surface area contributed by atoms with E-state index in [1.807, 2.05) is 42.6 Å². The molecule has 0 radical (unpaired) electrons. The van der Waals surface area contributed by atoms with Gasteiger partial charge in [0.15, 0.2) is 0 Å². The highest BCUT2D eigenvalue weighted by Gasteiger charge is 2.30. The summed E-state index contributed by atoms with van der Waals surface area (Å²) in [5.74, 6) is -0.333. The Morgan fingerprint density at radius 2 is 1.80 bits per heavy atom. The normalized spacial score (nSPS) is 16.8. The van der Waals surface area contributed by atoms with Gasteiger partial charge in [-0.1, -0.05) is 49.2 Å². The number of carbonyl (C=O) groups excluding carboxylic acids is 1. The summed E-state index contributed by atoms with van der Waals surface area (Å²) in [4.78, 5) is 32.7. The highest BCUT2D eigenvalue weighted by atomic mass is 35.5. The fourth-order valence-electron chi connectivity index (χ4n) is 8.07. The lowest BCUT2D eigenvalue weighted by molar-refractivity contribution is -0.384. The van der Waals surface area contributed by atoms with E-state index in [1.165, 1.54) is 28.8 Å². The standard InChI is InChI=1S/C46H47ClN6O7S/c1-46(2)17-15-34(40(27-46)32-5-7-35(47)8-6-32)29-51-19-21-52(22-20-51)36-9-12-39(44(25-36)60-37-10-13-41-33(24-37)16-18-48-41)45(54)50-61(57,58)38-11-14-42(43(26-38)53(55)56)49-28-31-4-3-23-59-30-31/h3-14,16,18,23-26,48-49H,15,17,19-22,27-30H2,1-2H3,(H,50,54). The second-order valence-electron chi connectivity index (χ2n) is 16.4. The number of sulfonamides is 1. The Morgan fingerprint density at radius 1 is 1.00 bits per heavy atom. The van der Waals surface area contributed by atoms with E-state index in [4.69, 9.17) is 21.1 Å². The van der Waals surface area contributed by atoms with Gasteiger partial charge < -0.3 is 24.7 Å². The van der Waals surface area contributed by atoms with Gasteiger partial charge in [0.1, 0.15) is 23.8 Å². The summed E-state index contributed by atoms with van der Waals surface area (Å²) >= 11 is 6.24. The molecule has 1 aromatic heterocycles. The van der Waals surface area contributed by atoms with Gasteiger partial charge in [-0.2, -0.15) is 0 Å². The predicted molar refractivity (Wildman–Crippen MR) is 239 cm³/mol. The molecule has 0 bridgehead atoms. The number of anilines is 2. The molecule has 3 N–H and O–H groups in total. The molecule has 0 spiro atoms. The van der Waals surface area contributed by atoms with Crippen molar-refractivity contribution in [1.82, 2.24) is 14.6 Å². The van der Waals surface area contributed by atoms with Crippen molar-refractivity contribution in [1.29, 1.82) is 0 Å². The van der Waals surface area contributed by atoms with Crippen LogP contribution in [0.3, 0.4) is 0 Å². The number of nitro benzene ring substituents is 1. The minimum atomic E-state index is -4.56. The SMILES string of the molecule is CC1(C)CCC(CN2CCN(c3ccc(C(=O)NS(=O)(=O)c4ccc(NCC5=CC=COC5)c([N+](=O)[O-])c4)c(Oc4ccc5[nH]ccc5c4)c3)CC2)=C(c2ccc(Cl)cc2)C1. The number of halogens is 1. The Kier molecular flexibility index (Phi) is 11.9. The van der Waals surface area contributed by atoms with Gasteiger partial charge in [-0.3, -0.25) is 19.8 Å². The summed E-state index contributed by atoms with van der Waals surface area (Å²) in [6, 6.07) is 24.1. The van der Waals surface area contributed by atoms with Crippen molar-refractivity contribution in [3.63, 3.8) is 0 Å². The van der Waals surface area contributed by atoms with E-state index in [0.29, 0.717) is 12.4 Å². The van der Waals surface area contributed by atoms with Gasteiger partial charge in [0.2, 0.25) is 0 Å². The summed E-state index contributed by atoms with van der Waals surface area (Å²) in [6.45, 7) is 9.25. The number of nitrogens with zero attached hydrogens (tertiary/aromatic N) is 3. The average Bonchev–Trinajstić information content (AvgIpc) is 3.72. The third-order valence-corrected chi connectivity index (χ3v) is 13.1. The molecular weight excluding hydrogens is 816 g/mol. The molecule has 8 rings (SSSR count). The van der Waals surface area contributed by atoms with Crippen molar-refractivity contribution in [2.45, 2.75) is 38.0 Å². The summed E-state index contributed by atoms with van der Waals surface area (Å²) in [5.41, 5.74) is 6.55. The van der Waals surface area contributed by atoms with E-state index >= 15 is 0 Å². The van der Waals surface area contributed by atoms with Crippen LogP contribution in [0.4, 0.5) is 17.1 Å². The van der Waals surface area contributed by atoms with Crippen LogP contribution in [-0.2, 0) is 14.8 Å². The van der Waals surface area contributed by atoms with Crippen LogP contribution in [0.15, 0.2) is 126 Å². The van der Waals surface area contributed by atoms with Gasteiger partial charge in [0.05, 0.1) is 21.6 Å². The highest BCUT2D eigenvalue weighted by molar-refractivity contribution is 7.90. The summed E-state index contributed by atoms with van der Waals surface area (Å²) in [5, 5.41) is 16.7. The molecule has 0 atom stereocenters. The molecule has 0 saturated carbocycles. The highest BCUT2D eigenvalue weighted by Crippen LogP contribution is 2.43. The third kappa shape index (κ3) is 9.77. The topological polar surface area (TPSA) is 159 Å². The molecule has 1 saturated heterocycles. The van der Waals surface area contributed by atoms with Gasteiger partial charge in [0, 0.05) is 79.2 Å². The average molecular weight is 863 g/mol. The van der Waals surface area contributed by atoms with Crippen LogP contribution in [0.1, 0.15) is 49.0 Å². The van der Waals surface area contributed by atoms with Crippen LogP contribution in [0.25, 0.3) is 16.5 Å². The molecule has 2 aliphatic heterocycles. The Labute approximate surface area is 359 Å². The zero-order valence-electron chi connectivity index (χ0n) is 33.9. The van der Waals surface area contributed by atoms with E-state index in [9.17, 15) is 23.3 Å². The first-order valence-electron chi connectivity index (χ1n) is 20.2. The van der Waals surface area contributed by atoms with E-state index in [1.54, 1.807) is 36.6 Å². The van der Waals surface area contributed by atoms with Crippen molar-refractivity contribution < 1.29 is 27.6 Å². The number of H-pyrrole nitrogens is 1. The number of ether oxygens (including phenoxy) is 2. The van der Waals surface area contributed by atoms with Crippen molar-refractivity contribution in [2.24, 2.45) is 5.41 Å². The molecule has 316 valence electrons. The predicted octanol–water partition coefficient (Wildman–Crippen LogP) is 9.31. The monoisotopic (exact) mass is 862 g/mol. The van der Waals surface area contributed by atoms with Crippen LogP contribution in [0.2, 0.25) is 5.02 Å². The summed E-state index contributed by atoms with van der Waals surface area (Å²) < 4.78 is 41.1. The van der Waals surface area contributed by atoms with Crippen molar-refractivity contribution in [3.05, 3.63) is 147 Å².